The summed E-state index contributed by atoms with van der Waals surface area (Å²) in [5.41, 5.74) is 0.321. The van der Waals surface area contributed by atoms with Gasteiger partial charge < -0.3 is 10.4 Å². The molecule has 1 aliphatic rings. The smallest absolute Gasteiger partial charge is 0.322 e. The van der Waals surface area contributed by atoms with Crippen LogP contribution in [-0.4, -0.2) is 48.1 Å². The van der Waals surface area contributed by atoms with Crippen LogP contribution in [-0.2, 0) is 9.59 Å². The lowest BCUT2D eigenvalue weighted by atomic mass is 9.77. The summed E-state index contributed by atoms with van der Waals surface area (Å²) in [4.78, 5) is 24.1. The number of hydrogen-bond donors (Lipinski definition) is 2. The zero-order chi connectivity index (χ0) is 14.5. The molecule has 0 aromatic heterocycles. The van der Waals surface area contributed by atoms with Gasteiger partial charge in [-0.25, -0.2) is 0 Å². The predicted molar refractivity (Wildman–Crippen MR) is 73.9 cm³/mol. The highest BCUT2D eigenvalue weighted by atomic mass is 16.4. The summed E-state index contributed by atoms with van der Waals surface area (Å²) < 4.78 is 0. The first kappa shape index (κ1) is 16.0. The number of aliphatic carboxylic acids is 1. The molecule has 1 fully saturated rings. The van der Waals surface area contributed by atoms with E-state index in [1.54, 1.807) is 0 Å². The highest BCUT2D eigenvalue weighted by Gasteiger charge is 2.27. The zero-order valence-electron chi connectivity index (χ0n) is 12.2. The van der Waals surface area contributed by atoms with Gasteiger partial charge in [0.05, 0.1) is 6.54 Å². The van der Waals surface area contributed by atoms with E-state index < -0.39 is 5.97 Å². The minimum absolute atomic E-state index is 0.198. The van der Waals surface area contributed by atoms with E-state index in [1.165, 1.54) is 6.42 Å². The summed E-state index contributed by atoms with van der Waals surface area (Å²) in [6.45, 7) is 8.67. The maximum Gasteiger partial charge on any atom is 0.322 e. The van der Waals surface area contributed by atoms with Gasteiger partial charge in [-0.2, -0.15) is 0 Å². The second-order valence-corrected chi connectivity index (χ2v) is 6.44. The van der Waals surface area contributed by atoms with Gasteiger partial charge in [-0.05, 0) is 43.7 Å². The molecule has 0 radical (unpaired) electrons. The second-order valence-electron chi connectivity index (χ2n) is 6.44. The number of nitrogens with zero attached hydrogens (tertiary/aromatic N) is 1. The standard InChI is InChI=1S/C14H26N2O3/c1-14(2,3)11-5-4-7-16(8-6-11)10-12(17)15-9-13(18)19/h11H,4-10H2,1-3H3,(H,15,17)(H,18,19). The summed E-state index contributed by atoms with van der Waals surface area (Å²) in [6.07, 6.45) is 3.42. The van der Waals surface area contributed by atoms with Crippen molar-refractivity contribution in [3.05, 3.63) is 0 Å². The van der Waals surface area contributed by atoms with Crippen molar-refractivity contribution in [2.24, 2.45) is 11.3 Å². The molecule has 0 aromatic rings. The van der Waals surface area contributed by atoms with Crippen molar-refractivity contribution in [2.45, 2.75) is 40.0 Å². The van der Waals surface area contributed by atoms with Crippen molar-refractivity contribution in [1.29, 1.82) is 0 Å². The van der Waals surface area contributed by atoms with Crippen molar-refractivity contribution in [3.63, 3.8) is 0 Å². The average molecular weight is 270 g/mol. The molecule has 0 aliphatic carbocycles. The van der Waals surface area contributed by atoms with Gasteiger partial charge in [-0.15, -0.1) is 0 Å². The number of nitrogens with one attached hydrogen (secondary N) is 1. The first-order chi connectivity index (χ1) is 8.79. The van der Waals surface area contributed by atoms with Crippen LogP contribution >= 0.6 is 0 Å². The molecule has 1 unspecified atom stereocenters. The van der Waals surface area contributed by atoms with Crippen LogP contribution in [0.5, 0.6) is 0 Å². The van der Waals surface area contributed by atoms with Crippen molar-refractivity contribution >= 4 is 11.9 Å². The predicted octanol–water partition coefficient (Wildman–Crippen LogP) is 1.34. The summed E-state index contributed by atoms with van der Waals surface area (Å²) in [5, 5.41) is 10.9. The van der Waals surface area contributed by atoms with Crippen molar-refractivity contribution in [1.82, 2.24) is 10.2 Å². The van der Waals surface area contributed by atoms with E-state index in [0.717, 1.165) is 25.9 Å². The first-order valence-electron chi connectivity index (χ1n) is 7.00. The van der Waals surface area contributed by atoms with Crippen molar-refractivity contribution < 1.29 is 14.7 Å². The molecule has 2 N–H and O–H groups in total. The van der Waals surface area contributed by atoms with Gasteiger partial charge in [0, 0.05) is 0 Å². The third-order valence-electron chi connectivity index (χ3n) is 3.85. The lowest BCUT2D eigenvalue weighted by Gasteiger charge is -2.29. The van der Waals surface area contributed by atoms with Crippen LogP contribution in [0.1, 0.15) is 40.0 Å². The molecule has 1 aliphatic heterocycles. The van der Waals surface area contributed by atoms with Crippen LogP contribution in [0.2, 0.25) is 0 Å². The molecular formula is C14H26N2O3. The lowest BCUT2D eigenvalue weighted by molar-refractivity contribution is -0.138. The fourth-order valence-corrected chi connectivity index (χ4v) is 2.61. The Hall–Kier alpha value is -1.10. The van der Waals surface area contributed by atoms with E-state index in [2.05, 4.69) is 31.0 Å². The minimum atomic E-state index is -1.00. The Bertz CT molecular complexity index is 323. The van der Waals surface area contributed by atoms with Crippen LogP contribution < -0.4 is 5.32 Å². The first-order valence-corrected chi connectivity index (χ1v) is 7.00. The van der Waals surface area contributed by atoms with Gasteiger partial charge in [-0.1, -0.05) is 20.8 Å². The minimum Gasteiger partial charge on any atom is -0.480 e. The molecule has 5 nitrogen and oxygen atoms in total. The highest BCUT2D eigenvalue weighted by molar-refractivity contribution is 5.82. The second kappa shape index (κ2) is 6.89. The normalized spacial score (nSPS) is 21.7. The number of carboxylic acid groups (broad SMARTS) is 1. The Labute approximate surface area is 115 Å². The van der Waals surface area contributed by atoms with Gasteiger partial charge in [-0.3, -0.25) is 14.5 Å². The maximum atomic E-state index is 11.6. The number of carbonyl (C=O) groups excluding carboxylic acids is 1. The van der Waals surface area contributed by atoms with E-state index in [9.17, 15) is 9.59 Å². The highest BCUT2D eigenvalue weighted by Crippen LogP contribution is 2.34. The lowest BCUT2D eigenvalue weighted by Crippen LogP contribution is -2.39. The summed E-state index contributed by atoms with van der Waals surface area (Å²) in [6, 6.07) is 0. The molecule has 1 rings (SSSR count). The molecule has 1 amide bonds. The van der Waals surface area contributed by atoms with Gasteiger partial charge in [0.15, 0.2) is 0 Å². The van der Waals surface area contributed by atoms with Crippen molar-refractivity contribution in [3.8, 4) is 0 Å². The van der Waals surface area contributed by atoms with E-state index in [1.807, 2.05) is 0 Å². The number of carbonyl (C=O) groups is 2. The summed E-state index contributed by atoms with van der Waals surface area (Å²) in [7, 11) is 0. The zero-order valence-corrected chi connectivity index (χ0v) is 12.2. The third-order valence-corrected chi connectivity index (χ3v) is 3.85. The number of carboxylic acids is 1. The summed E-state index contributed by atoms with van der Waals surface area (Å²) in [5.74, 6) is -0.506. The largest absolute Gasteiger partial charge is 0.480 e. The molecule has 0 spiro atoms. The Kier molecular flexibility index (Phi) is 5.79. The van der Waals surface area contributed by atoms with Gasteiger partial charge in [0.25, 0.3) is 0 Å². The number of likely N-dealkylation sites (tertiary alicyclic amines) is 1. The topological polar surface area (TPSA) is 69.6 Å². The molecule has 0 saturated carbocycles. The molecule has 1 saturated heterocycles. The van der Waals surface area contributed by atoms with Gasteiger partial charge in [0.1, 0.15) is 6.54 Å². The quantitative estimate of drug-likeness (QED) is 0.808. The van der Waals surface area contributed by atoms with E-state index in [0.29, 0.717) is 17.9 Å². The van der Waals surface area contributed by atoms with Crippen LogP contribution in [0, 0.1) is 11.3 Å². The molecule has 5 heteroatoms. The van der Waals surface area contributed by atoms with Crippen molar-refractivity contribution in [2.75, 3.05) is 26.2 Å². The average Bonchev–Trinajstić information content (AvgIpc) is 2.51. The number of hydrogen-bond acceptors (Lipinski definition) is 3. The Morgan fingerprint density at radius 2 is 1.95 bits per heavy atom. The van der Waals surface area contributed by atoms with E-state index >= 15 is 0 Å². The molecule has 1 atom stereocenters. The fourth-order valence-electron chi connectivity index (χ4n) is 2.61. The number of amides is 1. The number of rotatable bonds is 4. The molecule has 110 valence electrons. The van der Waals surface area contributed by atoms with Crippen LogP contribution in [0.15, 0.2) is 0 Å². The van der Waals surface area contributed by atoms with Gasteiger partial charge in [0.2, 0.25) is 5.91 Å². The van der Waals surface area contributed by atoms with E-state index in [4.69, 9.17) is 5.11 Å². The molecule has 0 bridgehead atoms. The van der Waals surface area contributed by atoms with Crippen LogP contribution in [0.25, 0.3) is 0 Å². The Balaban J connectivity index is 2.37. The molecular weight excluding hydrogens is 244 g/mol. The van der Waals surface area contributed by atoms with Crippen LogP contribution in [0.4, 0.5) is 0 Å². The fraction of sp³-hybridized carbons (Fsp3) is 0.857. The molecule has 19 heavy (non-hydrogen) atoms. The van der Waals surface area contributed by atoms with Crippen LogP contribution in [0.3, 0.4) is 0 Å². The third kappa shape index (κ3) is 6.05. The summed E-state index contributed by atoms with van der Waals surface area (Å²) >= 11 is 0. The Morgan fingerprint density at radius 3 is 2.53 bits per heavy atom. The van der Waals surface area contributed by atoms with Gasteiger partial charge >= 0.3 is 5.97 Å². The molecule has 1 heterocycles. The Morgan fingerprint density at radius 1 is 1.26 bits per heavy atom. The maximum absolute atomic E-state index is 11.6. The molecule has 0 aromatic carbocycles. The SMILES string of the molecule is CC(C)(C)C1CCCN(CC(=O)NCC(=O)O)CC1. The van der Waals surface area contributed by atoms with E-state index in [-0.39, 0.29) is 12.5 Å². The monoisotopic (exact) mass is 270 g/mol.